The smallest absolute Gasteiger partial charge is 0.241 e. The molecule has 1 saturated heterocycles. The number of likely N-dealkylation sites (tertiary alicyclic amines) is 1. The van der Waals surface area contributed by atoms with Crippen LogP contribution in [0.15, 0.2) is 18.2 Å². The predicted octanol–water partition coefficient (Wildman–Crippen LogP) is 2.43. The summed E-state index contributed by atoms with van der Waals surface area (Å²) in [5.74, 6) is 0.735. The SMILES string of the molecule is COc1ccc(C)cc1NC(=O)[C@@H](C)N1CCCC1. The van der Waals surface area contributed by atoms with Crippen LogP contribution < -0.4 is 10.1 Å². The van der Waals surface area contributed by atoms with Crippen LogP contribution in [0.25, 0.3) is 0 Å². The summed E-state index contributed by atoms with van der Waals surface area (Å²) in [7, 11) is 1.62. The lowest BCUT2D eigenvalue weighted by Gasteiger charge is -2.23. The van der Waals surface area contributed by atoms with Crippen molar-refractivity contribution in [3.63, 3.8) is 0 Å². The topological polar surface area (TPSA) is 41.6 Å². The number of ether oxygens (including phenoxy) is 1. The van der Waals surface area contributed by atoms with Gasteiger partial charge >= 0.3 is 0 Å². The fraction of sp³-hybridized carbons (Fsp3) is 0.533. The molecule has 19 heavy (non-hydrogen) atoms. The van der Waals surface area contributed by atoms with Gasteiger partial charge in [-0.05, 0) is 57.5 Å². The summed E-state index contributed by atoms with van der Waals surface area (Å²) >= 11 is 0. The summed E-state index contributed by atoms with van der Waals surface area (Å²) in [6.45, 7) is 5.99. The number of amides is 1. The first kappa shape index (κ1) is 13.9. The number of methoxy groups -OCH3 is 1. The molecule has 0 unspecified atom stereocenters. The zero-order valence-electron chi connectivity index (χ0n) is 11.9. The lowest BCUT2D eigenvalue weighted by Crippen LogP contribution is -2.40. The van der Waals surface area contributed by atoms with Crippen LogP contribution in [0.2, 0.25) is 0 Å². The molecule has 0 bridgehead atoms. The molecule has 1 aliphatic rings. The van der Waals surface area contributed by atoms with Crippen molar-refractivity contribution in [2.45, 2.75) is 32.7 Å². The van der Waals surface area contributed by atoms with E-state index in [1.54, 1.807) is 7.11 Å². The number of hydrogen-bond donors (Lipinski definition) is 1. The molecule has 4 heteroatoms. The third kappa shape index (κ3) is 3.26. The van der Waals surface area contributed by atoms with Crippen LogP contribution in [0.3, 0.4) is 0 Å². The lowest BCUT2D eigenvalue weighted by atomic mass is 10.2. The van der Waals surface area contributed by atoms with Crippen LogP contribution in [0, 0.1) is 6.92 Å². The van der Waals surface area contributed by atoms with Crippen LogP contribution in [0.4, 0.5) is 5.69 Å². The maximum absolute atomic E-state index is 12.3. The summed E-state index contributed by atoms with van der Waals surface area (Å²) < 4.78 is 5.28. The molecule has 1 aromatic carbocycles. The molecule has 0 saturated carbocycles. The average Bonchev–Trinajstić information content (AvgIpc) is 2.92. The van der Waals surface area contributed by atoms with Gasteiger partial charge < -0.3 is 10.1 Å². The number of nitrogens with one attached hydrogen (secondary N) is 1. The normalized spacial score (nSPS) is 17.2. The van der Waals surface area contributed by atoms with Gasteiger partial charge in [0.15, 0.2) is 0 Å². The second kappa shape index (κ2) is 6.06. The Hall–Kier alpha value is -1.55. The summed E-state index contributed by atoms with van der Waals surface area (Å²) in [5, 5.41) is 2.97. The molecular weight excluding hydrogens is 240 g/mol. The molecule has 1 atom stereocenters. The number of rotatable bonds is 4. The molecule has 1 fully saturated rings. The minimum absolute atomic E-state index is 0.0331. The highest BCUT2D eigenvalue weighted by Crippen LogP contribution is 2.25. The molecule has 0 spiro atoms. The van der Waals surface area contributed by atoms with E-state index in [2.05, 4.69) is 10.2 Å². The highest BCUT2D eigenvalue weighted by Gasteiger charge is 2.24. The Morgan fingerprint density at radius 3 is 2.68 bits per heavy atom. The van der Waals surface area contributed by atoms with Gasteiger partial charge in [0.1, 0.15) is 5.75 Å². The van der Waals surface area contributed by atoms with E-state index in [-0.39, 0.29) is 11.9 Å². The Morgan fingerprint density at radius 2 is 2.05 bits per heavy atom. The van der Waals surface area contributed by atoms with E-state index in [0.29, 0.717) is 5.75 Å². The van der Waals surface area contributed by atoms with E-state index in [1.807, 2.05) is 32.0 Å². The van der Waals surface area contributed by atoms with E-state index in [4.69, 9.17) is 4.74 Å². The van der Waals surface area contributed by atoms with Crippen LogP contribution in [-0.2, 0) is 4.79 Å². The van der Waals surface area contributed by atoms with Gasteiger partial charge in [0.25, 0.3) is 0 Å². The molecule has 0 aliphatic carbocycles. The van der Waals surface area contributed by atoms with Gasteiger partial charge in [0.05, 0.1) is 18.8 Å². The number of benzene rings is 1. The maximum Gasteiger partial charge on any atom is 0.241 e. The highest BCUT2D eigenvalue weighted by molar-refractivity contribution is 5.95. The monoisotopic (exact) mass is 262 g/mol. The maximum atomic E-state index is 12.3. The molecule has 1 amide bonds. The second-order valence-electron chi connectivity index (χ2n) is 5.11. The average molecular weight is 262 g/mol. The largest absolute Gasteiger partial charge is 0.495 e. The lowest BCUT2D eigenvalue weighted by molar-refractivity contribution is -0.120. The fourth-order valence-corrected chi connectivity index (χ4v) is 2.45. The quantitative estimate of drug-likeness (QED) is 0.906. The molecule has 104 valence electrons. The van der Waals surface area contributed by atoms with E-state index in [1.165, 1.54) is 12.8 Å². The molecule has 1 heterocycles. The summed E-state index contributed by atoms with van der Waals surface area (Å²) in [5.41, 5.74) is 1.85. The minimum Gasteiger partial charge on any atom is -0.495 e. The first-order valence-corrected chi connectivity index (χ1v) is 6.81. The Balaban J connectivity index is 2.07. The molecule has 1 N–H and O–H groups in total. The molecule has 0 aromatic heterocycles. The minimum atomic E-state index is -0.0901. The van der Waals surface area contributed by atoms with E-state index >= 15 is 0 Å². The molecule has 0 radical (unpaired) electrons. The third-order valence-corrected chi connectivity index (χ3v) is 3.68. The Bertz CT molecular complexity index is 453. The van der Waals surface area contributed by atoms with Crippen LogP contribution in [0.1, 0.15) is 25.3 Å². The van der Waals surface area contributed by atoms with Gasteiger partial charge in [0, 0.05) is 0 Å². The van der Waals surface area contributed by atoms with Gasteiger partial charge in [-0.1, -0.05) is 6.07 Å². The molecular formula is C15H22N2O2. The summed E-state index contributed by atoms with van der Waals surface area (Å²) in [6.07, 6.45) is 2.37. The number of anilines is 1. The number of aryl methyl sites for hydroxylation is 1. The van der Waals surface area contributed by atoms with Crippen molar-refractivity contribution < 1.29 is 9.53 Å². The fourth-order valence-electron chi connectivity index (χ4n) is 2.45. The zero-order chi connectivity index (χ0) is 13.8. The van der Waals surface area contributed by atoms with Crippen LogP contribution in [-0.4, -0.2) is 37.0 Å². The van der Waals surface area contributed by atoms with Crippen molar-refractivity contribution in [3.8, 4) is 5.75 Å². The van der Waals surface area contributed by atoms with Crippen molar-refractivity contribution in [1.82, 2.24) is 4.90 Å². The Morgan fingerprint density at radius 1 is 1.37 bits per heavy atom. The highest BCUT2D eigenvalue weighted by atomic mass is 16.5. The van der Waals surface area contributed by atoms with Gasteiger partial charge in [-0.3, -0.25) is 9.69 Å². The van der Waals surface area contributed by atoms with E-state index in [9.17, 15) is 4.79 Å². The molecule has 4 nitrogen and oxygen atoms in total. The predicted molar refractivity (Wildman–Crippen MR) is 76.6 cm³/mol. The molecule has 1 aliphatic heterocycles. The number of nitrogens with zero attached hydrogens (tertiary/aromatic N) is 1. The number of hydrogen-bond acceptors (Lipinski definition) is 3. The standard InChI is InChI=1S/C15H22N2O2/c1-11-6-7-14(19-3)13(10-11)16-15(18)12(2)17-8-4-5-9-17/h6-7,10,12H,4-5,8-9H2,1-3H3,(H,16,18)/t12-/m1/s1. The molecule has 1 aromatic rings. The first-order valence-electron chi connectivity index (χ1n) is 6.81. The van der Waals surface area contributed by atoms with Crippen molar-refractivity contribution in [3.05, 3.63) is 23.8 Å². The summed E-state index contributed by atoms with van der Waals surface area (Å²) in [6, 6.07) is 5.70. The van der Waals surface area contributed by atoms with Gasteiger partial charge in [-0.15, -0.1) is 0 Å². The molecule has 2 rings (SSSR count). The first-order chi connectivity index (χ1) is 9.11. The van der Waals surface area contributed by atoms with E-state index < -0.39 is 0 Å². The second-order valence-corrected chi connectivity index (χ2v) is 5.11. The number of carbonyl (C=O) groups excluding carboxylic acids is 1. The van der Waals surface area contributed by atoms with Gasteiger partial charge in [-0.25, -0.2) is 0 Å². The van der Waals surface area contributed by atoms with E-state index in [0.717, 1.165) is 24.3 Å². The summed E-state index contributed by atoms with van der Waals surface area (Å²) in [4.78, 5) is 14.5. The van der Waals surface area contributed by atoms with Crippen molar-refractivity contribution in [2.75, 3.05) is 25.5 Å². The third-order valence-electron chi connectivity index (χ3n) is 3.68. The van der Waals surface area contributed by atoms with Crippen molar-refractivity contribution in [1.29, 1.82) is 0 Å². The van der Waals surface area contributed by atoms with Gasteiger partial charge in [0.2, 0.25) is 5.91 Å². The van der Waals surface area contributed by atoms with Crippen LogP contribution >= 0.6 is 0 Å². The Kier molecular flexibility index (Phi) is 4.43. The van der Waals surface area contributed by atoms with Gasteiger partial charge in [-0.2, -0.15) is 0 Å². The van der Waals surface area contributed by atoms with Crippen molar-refractivity contribution in [2.24, 2.45) is 0 Å². The Labute approximate surface area is 114 Å². The zero-order valence-corrected chi connectivity index (χ0v) is 11.9. The van der Waals surface area contributed by atoms with Crippen molar-refractivity contribution >= 4 is 11.6 Å². The van der Waals surface area contributed by atoms with Crippen LogP contribution in [0.5, 0.6) is 5.75 Å². The number of carbonyl (C=O) groups is 1.